The lowest BCUT2D eigenvalue weighted by Crippen LogP contribution is -2.25. The average Bonchev–Trinajstić information content (AvgIpc) is 3.13. The highest BCUT2D eigenvalue weighted by Crippen LogP contribution is 2.19. The third-order valence-corrected chi connectivity index (χ3v) is 4.88. The Morgan fingerprint density at radius 1 is 1.04 bits per heavy atom. The molecular weight excluding hydrogens is 318 g/mol. The van der Waals surface area contributed by atoms with Crippen molar-refractivity contribution >= 4 is 28.4 Å². The predicted octanol–water partition coefficient (Wildman–Crippen LogP) is 4.42. The first-order valence-corrected chi connectivity index (χ1v) is 9.32. The van der Waals surface area contributed by atoms with Crippen LogP contribution >= 0.6 is 11.8 Å². The van der Waals surface area contributed by atoms with E-state index >= 15 is 0 Å². The molecule has 0 radical (unpaired) electrons. The van der Waals surface area contributed by atoms with Gasteiger partial charge in [0.25, 0.3) is 0 Å². The van der Waals surface area contributed by atoms with Gasteiger partial charge in [0.15, 0.2) is 0 Å². The molecule has 4 heteroatoms. The van der Waals surface area contributed by atoms with Crippen LogP contribution in [-0.2, 0) is 17.0 Å². The van der Waals surface area contributed by atoms with Crippen molar-refractivity contribution < 1.29 is 9.21 Å². The first-order valence-electron chi connectivity index (χ1n) is 8.16. The number of thioether (sulfide) groups is 1. The van der Waals surface area contributed by atoms with E-state index in [0.717, 1.165) is 23.7 Å². The van der Waals surface area contributed by atoms with Crippen LogP contribution in [0.4, 0.5) is 0 Å². The number of carbonyl (C=O) groups is 1. The zero-order valence-corrected chi connectivity index (χ0v) is 14.4. The van der Waals surface area contributed by atoms with Gasteiger partial charge in [0.1, 0.15) is 5.76 Å². The maximum absolute atomic E-state index is 12.0. The van der Waals surface area contributed by atoms with Crippen LogP contribution in [0.1, 0.15) is 17.7 Å². The Morgan fingerprint density at radius 2 is 1.92 bits per heavy atom. The minimum atomic E-state index is 0.113. The van der Waals surface area contributed by atoms with Crippen LogP contribution in [0, 0.1) is 0 Å². The summed E-state index contributed by atoms with van der Waals surface area (Å²) in [6.07, 6.45) is 2.98. The van der Waals surface area contributed by atoms with Gasteiger partial charge in [-0.2, -0.15) is 11.8 Å². The number of hydrogen-bond donors (Lipinski definition) is 1. The topological polar surface area (TPSA) is 42.2 Å². The first kappa shape index (κ1) is 16.7. The summed E-state index contributed by atoms with van der Waals surface area (Å²) < 4.78 is 5.28. The highest BCUT2D eigenvalue weighted by atomic mass is 32.2. The summed E-state index contributed by atoms with van der Waals surface area (Å²) in [5.41, 5.74) is 1.23. The normalized spacial score (nSPS) is 10.8. The lowest BCUT2D eigenvalue weighted by atomic mass is 10.0. The fourth-order valence-corrected chi connectivity index (χ4v) is 3.43. The molecule has 1 N–H and O–H groups in total. The third kappa shape index (κ3) is 4.65. The van der Waals surface area contributed by atoms with Gasteiger partial charge < -0.3 is 9.73 Å². The van der Waals surface area contributed by atoms with Gasteiger partial charge in [-0.3, -0.25) is 4.79 Å². The maximum Gasteiger partial charge on any atom is 0.220 e. The summed E-state index contributed by atoms with van der Waals surface area (Å²) in [4.78, 5) is 12.0. The smallest absolute Gasteiger partial charge is 0.220 e. The molecule has 0 atom stereocenters. The minimum Gasteiger partial charge on any atom is -0.468 e. The van der Waals surface area contributed by atoms with Gasteiger partial charge in [-0.15, -0.1) is 0 Å². The molecular formula is C20H21NO2S. The van der Waals surface area contributed by atoms with Gasteiger partial charge in [-0.1, -0.05) is 42.5 Å². The van der Waals surface area contributed by atoms with Crippen molar-refractivity contribution in [3.05, 3.63) is 72.2 Å². The Morgan fingerprint density at radius 3 is 2.79 bits per heavy atom. The van der Waals surface area contributed by atoms with Crippen LogP contribution in [0.5, 0.6) is 0 Å². The third-order valence-electron chi connectivity index (χ3n) is 3.89. The van der Waals surface area contributed by atoms with E-state index < -0.39 is 0 Å². The van der Waals surface area contributed by atoms with E-state index in [9.17, 15) is 4.79 Å². The van der Waals surface area contributed by atoms with Crippen molar-refractivity contribution in [2.75, 3.05) is 12.3 Å². The molecule has 0 bridgehead atoms. The largest absolute Gasteiger partial charge is 0.468 e. The van der Waals surface area contributed by atoms with Crippen molar-refractivity contribution in [3.8, 4) is 0 Å². The number of nitrogens with one attached hydrogen (secondary N) is 1. The van der Waals surface area contributed by atoms with E-state index in [-0.39, 0.29) is 5.91 Å². The second-order valence-corrected chi connectivity index (χ2v) is 6.73. The van der Waals surface area contributed by atoms with E-state index in [1.165, 1.54) is 16.3 Å². The van der Waals surface area contributed by atoms with Gasteiger partial charge in [0, 0.05) is 18.7 Å². The molecule has 0 saturated carbocycles. The standard InChI is InChI=1S/C20H21NO2S/c22-20(21-12-14-24-15-18-8-4-13-23-18)11-10-17-7-3-6-16-5-1-2-9-19(16)17/h1-9,13H,10-12,14-15H2,(H,21,22). The van der Waals surface area contributed by atoms with Crippen LogP contribution < -0.4 is 5.32 Å². The van der Waals surface area contributed by atoms with Crippen LogP contribution in [0.25, 0.3) is 10.8 Å². The summed E-state index contributed by atoms with van der Waals surface area (Å²) in [7, 11) is 0. The van der Waals surface area contributed by atoms with Crippen molar-refractivity contribution in [2.24, 2.45) is 0 Å². The Kier molecular flexibility index (Phi) is 5.96. The summed E-state index contributed by atoms with van der Waals surface area (Å²) in [6.45, 7) is 0.694. The van der Waals surface area contributed by atoms with Crippen molar-refractivity contribution in [3.63, 3.8) is 0 Å². The molecule has 1 amide bonds. The molecule has 0 aliphatic carbocycles. The molecule has 0 aliphatic heterocycles. The summed E-state index contributed by atoms with van der Waals surface area (Å²) in [5.74, 6) is 2.82. The SMILES string of the molecule is O=C(CCc1cccc2ccccc12)NCCSCc1ccco1. The summed E-state index contributed by atoms with van der Waals surface area (Å²) >= 11 is 1.76. The Hall–Kier alpha value is -2.20. The molecule has 3 aromatic rings. The van der Waals surface area contributed by atoms with E-state index in [0.29, 0.717) is 13.0 Å². The molecule has 0 saturated heterocycles. The average molecular weight is 339 g/mol. The number of rotatable bonds is 8. The number of amides is 1. The number of aryl methyl sites for hydroxylation is 1. The number of hydrogen-bond acceptors (Lipinski definition) is 3. The number of benzene rings is 2. The fraction of sp³-hybridized carbons (Fsp3) is 0.250. The van der Waals surface area contributed by atoms with Gasteiger partial charge >= 0.3 is 0 Å². The summed E-state index contributed by atoms with van der Waals surface area (Å²) in [6, 6.07) is 18.4. The minimum absolute atomic E-state index is 0.113. The lowest BCUT2D eigenvalue weighted by molar-refractivity contribution is -0.120. The molecule has 2 aromatic carbocycles. The maximum atomic E-state index is 12.0. The fourth-order valence-electron chi connectivity index (χ4n) is 2.68. The Bertz CT molecular complexity index is 778. The quantitative estimate of drug-likeness (QED) is 0.618. The molecule has 24 heavy (non-hydrogen) atoms. The number of carbonyl (C=O) groups excluding carboxylic acids is 1. The molecule has 124 valence electrons. The van der Waals surface area contributed by atoms with Gasteiger partial charge in [-0.25, -0.2) is 0 Å². The molecule has 0 fully saturated rings. The van der Waals surface area contributed by atoms with E-state index in [1.54, 1.807) is 18.0 Å². The Balaban J connectivity index is 1.39. The number of fused-ring (bicyclic) bond motifs is 1. The van der Waals surface area contributed by atoms with Gasteiger partial charge in [0.2, 0.25) is 5.91 Å². The summed E-state index contributed by atoms with van der Waals surface area (Å²) in [5, 5.41) is 5.46. The zero-order chi connectivity index (χ0) is 16.6. The molecule has 0 spiro atoms. The van der Waals surface area contributed by atoms with Crippen LogP contribution in [0.3, 0.4) is 0 Å². The van der Waals surface area contributed by atoms with Crippen molar-refractivity contribution in [2.45, 2.75) is 18.6 Å². The zero-order valence-electron chi connectivity index (χ0n) is 13.5. The Labute approximate surface area is 146 Å². The molecule has 3 rings (SSSR count). The molecule has 1 heterocycles. The van der Waals surface area contributed by atoms with Gasteiger partial charge in [-0.05, 0) is 34.9 Å². The lowest BCUT2D eigenvalue weighted by Gasteiger charge is -2.07. The van der Waals surface area contributed by atoms with Gasteiger partial charge in [0.05, 0.1) is 12.0 Å². The second-order valence-electron chi connectivity index (χ2n) is 5.62. The predicted molar refractivity (Wildman–Crippen MR) is 100 cm³/mol. The molecule has 0 aliphatic rings. The highest BCUT2D eigenvalue weighted by Gasteiger charge is 2.05. The van der Waals surface area contributed by atoms with Crippen LogP contribution in [0.2, 0.25) is 0 Å². The molecule has 3 nitrogen and oxygen atoms in total. The van der Waals surface area contributed by atoms with Crippen molar-refractivity contribution in [1.82, 2.24) is 5.32 Å². The monoisotopic (exact) mass is 339 g/mol. The van der Waals surface area contributed by atoms with E-state index in [2.05, 4.69) is 35.6 Å². The van der Waals surface area contributed by atoms with Crippen molar-refractivity contribution in [1.29, 1.82) is 0 Å². The van der Waals surface area contributed by atoms with Crippen LogP contribution in [0.15, 0.2) is 65.3 Å². The molecule has 0 unspecified atom stereocenters. The second kappa shape index (κ2) is 8.60. The van der Waals surface area contributed by atoms with E-state index in [4.69, 9.17) is 4.42 Å². The van der Waals surface area contributed by atoms with Crippen LogP contribution in [-0.4, -0.2) is 18.2 Å². The van der Waals surface area contributed by atoms with E-state index in [1.807, 2.05) is 24.3 Å². The first-order chi connectivity index (χ1) is 11.8. The highest BCUT2D eigenvalue weighted by molar-refractivity contribution is 7.98. The molecule has 1 aromatic heterocycles. The number of furan rings is 1.